The predicted molar refractivity (Wildman–Crippen MR) is 180 cm³/mol. The summed E-state index contributed by atoms with van der Waals surface area (Å²) in [5.74, 6) is 0.303. The summed E-state index contributed by atoms with van der Waals surface area (Å²) in [5, 5.41) is 12.8. The Bertz CT molecular complexity index is 1350. The Balaban J connectivity index is 1.15. The first-order valence-corrected chi connectivity index (χ1v) is 16.2. The Kier molecular flexibility index (Phi) is 11.5. The van der Waals surface area contributed by atoms with Crippen LogP contribution in [0.1, 0.15) is 23.6 Å². The minimum absolute atomic E-state index is 0.138. The number of aliphatic hydroxyl groups is 1. The number of benzene rings is 3. The molecule has 2 amide bonds. The van der Waals surface area contributed by atoms with Crippen molar-refractivity contribution in [2.24, 2.45) is 0 Å². The number of hydrogen-bond acceptors (Lipinski definition) is 7. The summed E-state index contributed by atoms with van der Waals surface area (Å²) in [4.78, 5) is 36.2. The molecular formula is C36H48N6O3. The molecule has 0 aliphatic carbocycles. The molecule has 9 nitrogen and oxygen atoms in total. The third kappa shape index (κ3) is 9.06. The fraction of sp³-hybridized carbons (Fsp3) is 0.444. The molecule has 3 aromatic rings. The summed E-state index contributed by atoms with van der Waals surface area (Å²) in [6, 6.07) is 27.0. The number of piperazine rings is 2. The summed E-state index contributed by atoms with van der Waals surface area (Å²) in [6.07, 6.45) is 0.648. The van der Waals surface area contributed by atoms with Crippen LogP contribution in [0.4, 0.5) is 11.4 Å². The maximum atomic E-state index is 13.9. The van der Waals surface area contributed by atoms with E-state index in [9.17, 15) is 14.7 Å². The molecule has 3 aromatic carbocycles. The van der Waals surface area contributed by atoms with Gasteiger partial charge in [-0.05, 0) is 47.4 Å². The number of amides is 2. The second-order valence-electron chi connectivity index (χ2n) is 12.2. The van der Waals surface area contributed by atoms with Crippen molar-refractivity contribution in [1.82, 2.24) is 20.0 Å². The standard InChI is InChI=1S/C36H48N6O3/c1-29(44)40-20-22-41(23-21-40)34-14-8-31(9-15-34)27-37-35(26-30-6-4-3-5-7-30)36(45)42-18-16-39(17-19-42)28-32-10-12-33(13-11-32)38(2)24-25-43/h3-15,35,37,43H,16-28H2,1-2H3. The monoisotopic (exact) mass is 612 g/mol. The zero-order valence-corrected chi connectivity index (χ0v) is 26.8. The summed E-state index contributed by atoms with van der Waals surface area (Å²) in [5.41, 5.74) is 5.81. The van der Waals surface area contributed by atoms with E-state index in [1.165, 1.54) is 11.3 Å². The fourth-order valence-corrected chi connectivity index (χ4v) is 6.18. The van der Waals surface area contributed by atoms with Crippen molar-refractivity contribution in [3.05, 3.63) is 95.6 Å². The van der Waals surface area contributed by atoms with Crippen molar-refractivity contribution in [3.8, 4) is 0 Å². The number of nitrogens with zero attached hydrogens (tertiary/aromatic N) is 5. The lowest BCUT2D eigenvalue weighted by Gasteiger charge is -2.37. The lowest BCUT2D eigenvalue weighted by Crippen LogP contribution is -2.54. The van der Waals surface area contributed by atoms with Crippen LogP contribution >= 0.6 is 0 Å². The summed E-state index contributed by atoms with van der Waals surface area (Å²) >= 11 is 0. The highest BCUT2D eigenvalue weighted by Gasteiger charge is 2.28. The molecular weight excluding hydrogens is 564 g/mol. The molecule has 9 heteroatoms. The van der Waals surface area contributed by atoms with Gasteiger partial charge in [0.1, 0.15) is 0 Å². The quantitative estimate of drug-likeness (QED) is 0.326. The Morgan fingerprint density at radius 2 is 1.40 bits per heavy atom. The molecule has 240 valence electrons. The molecule has 1 unspecified atom stereocenters. The molecule has 0 radical (unpaired) electrons. The molecule has 1 atom stereocenters. The minimum Gasteiger partial charge on any atom is -0.395 e. The topological polar surface area (TPSA) is 82.6 Å². The SMILES string of the molecule is CC(=O)N1CCN(c2ccc(CNC(Cc3ccccc3)C(=O)N3CCN(Cc4ccc(N(C)CCO)cc4)CC3)cc2)CC1. The molecule has 0 spiro atoms. The van der Waals surface area contributed by atoms with Crippen LogP contribution in [0, 0.1) is 0 Å². The van der Waals surface area contributed by atoms with Crippen LogP contribution in [0.15, 0.2) is 78.9 Å². The van der Waals surface area contributed by atoms with Gasteiger partial charge in [0.05, 0.1) is 12.6 Å². The van der Waals surface area contributed by atoms with Crippen LogP contribution in [0.2, 0.25) is 0 Å². The average Bonchev–Trinajstić information content (AvgIpc) is 3.08. The van der Waals surface area contributed by atoms with Gasteiger partial charge < -0.3 is 30.0 Å². The van der Waals surface area contributed by atoms with Crippen molar-refractivity contribution in [2.75, 3.05) is 82.4 Å². The number of rotatable bonds is 12. The highest BCUT2D eigenvalue weighted by Crippen LogP contribution is 2.19. The van der Waals surface area contributed by atoms with E-state index in [0.29, 0.717) is 32.6 Å². The molecule has 5 rings (SSSR count). The highest BCUT2D eigenvalue weighted by atomic mass is 16.3. The van der Waals surface area contributed by atoms with Gasteiger partial charge in [0.15, 0.2) is 0 Å². The van der Waals surface area contributed by atoms with E-state index in [0.717, 1.165) is 62.6 Å². The summed E-state index contributed by atoms with van der Waals surface area (Å²) in [7, 11) is 1.99. The van der Waals surface area contributed by atoms with E-state index < -0.39 is 0 Å². The van der Waals surface area contributed by atoms with Crippen molar-refractivity contribution < 1.29 is 14.7 Å². The molecule has 0 bridgehead atoms. The number of nitrogens with one attached hydrogen (secondary N) is 1. The van der Waals surface area contributed by atoms with Crippen molar-refractivity contribution in [2.45, 2.75) is 32.5 Å². The third-order valence-corrected chi connectivity index (χ3v) is 9.06. The van der Waals surface area contributed by atoms with E-state index in [2.05, 4.69) is 75.8 Å². The number of carbonyl (C=O) groups is 2. The first kappa shape index (κ1) is 32.5. The van der Waals surface area contributed by atoms with Gasteiger partial charge in [-0.15, -0.1) is 0 Å². The summed E-state index contributed by atoms with van der Waals surface area (Å²) < 4.78 is 0. The van der Waals surface area contributed by atoms with E-state index in [1.807, 2.05) is 39.9 Å². The summed E-state index contributed by atoms with van der Waals surface area (Å²) in [6.45, 7) is 10.2. The molecule has 2 aliphatic rings. The lowest BCUT2D eigenvalue weighted by molar-refractivity contribution is -0.135. The number of aliphatic hydroxyl groups excluding tert-OH is 1. The van der Waals surface area contributed by atoms with Crippen LogP contribution in [-0.2, 0) is 29.1 Å². The molecule has 0 aromatic heterocycles. The van der Waals surface area contributed by atoms with E-state index >= 15 is 0 Å². The zero-order chi connectivity index (χ0) is 31.6. The number of likely N-dealkylation sites (N-methyl/N-ethyl adjacent to an activating group) is 1. The molecule has 45 heavy (non-hydrogen) atoms. The average molecular weight is 613 g/mol. The Hall–Kier alpha value is -3.92. The maximum absolute atomic E-state index is 13.9. The van der Waals surface area contributed by atoms with Crippen molar-refractivity contribution in [1.29, 1.82) is 0 Å². The van der Waals surface area contributed by atoms with Crippen LogP contribution in [0.25, 0.3) is 0 Å². The minimum atomic E-state index is -0.304. The van der Waals surface area contributed by atoms with Gasteiger partial charge in [0.25, 0.3) is 0 Å². The molecule has 2 saturated heterocycles. The van der Waals surface area contributed by atoms with Crippen molar-refractivity contribution in [3.63, 3.8) is 0 Å². The first-order valence-electron chi connectivity index (χ1n) is 16.2. The van der Waals surface area contributed by atoms with Crippen molar-refractivity contribution >= 4 is 23.2 Å². The maximum Gasteiger partial charge on any atom is 0.240 e. The number of carbonyl (C=O) groups excluding carboxylic acids is 2. The van der Waals surface area contributed by atoms with Gasteiger partial charge in [-0.1, -0.05) is 54.6 Å². The van der Waals surface area contributed by atoms with Crippen LogP contribution in [0.3, 0.4) is 0 Å². The normalized spacial score (nSPS) is 16.5. The Morgan fingerprint density at radius 1 is 0.778 bits per heavy atom. The molecule has 2 aliphatic heterocycles. The first-order chi connectivity index (χ1) is 21.9. The van der Waals surface area contributed by atoms with Gasteiger partial charge in [0, 0.05) is 97.3 Å². The van der Waals surface area contributed by atoms with Crippen LogP contribution in [0.5, 0.6) is 0 Å². The number of hydrogen-bond donors (Lipinski definition) is 2. The highest BCUT2D eigenvalue weighted by molar-refractivity contribution is 5.82. The van der Waals surface area contributed by atoms with Gasteiger partial charge >= 0.3 is 0 Å². The molecule has 2 fully saturated rings. The van der Waals surface area contributed by atoms with Gasteiger partial charge in [0.2, 0.25) is 11.8 Å². The fourth-order valence-electron chi connectivity index (χ4n) is 6.18. The largest absolute Gasteiger partial charge is 0.395 e. The second kappa shape index (κ2) is 15.9. The lowest BCUT2D eigenvalue weighted by atomic mass is 10.0. The van der Waals surface area contributed by atoms with E-state index in [1.54, 1.807) is 6.92 Å². The van der Waals surface area contributed by atoms with Crippen LogP contribution in [-0.4, -0.2) is 110 Å². The predicted octanol–water partition coefficient (Wildman–Crippen LogP) is 2.83. The molecule has 2 heterocycles. The second-order valence-corrected chi connectivity index (χ2v) is 12.2. The number of anilines is 2. The Morgan fingerprint density at radius 3 is 2.02 bits per heavy atom. The Labute approximate surface area is 268 Å². The van der Waals surface area contributed by atoms with E-state index in [-0.39, 0.29) is 24.5 Å². The molecule has 2 N–H and O–H groups in total. The third-order valence-electron chi connectivity index (χ3n) is 9.06. The van der Waals surface area contributed by atoms with Gasteiger partial charge in [-0.2, -0.15) is 0 Å². The molecule has 0 saturated carbocycles. The smallest absolute Gasteiger partial charge is 0.240 e. The van der Waals surface area contributed by atoms with Crippen LogP contribution < -0.4 is 15.1 Å². The van der Waals surface area contributed by atoms with Gasteiger partial charge in [-0.3, -0.25) is 14.5 Å². The van der Waals surface area contributed by atoms with Gasteiger partial charge in [-0.25, -0.2) is 0 Å². The zero-order valence-electron chi connectivity index (χ0n) is 26.8. The van der Waals surface area contributed by atoms with E-state index in [4.69, 9.17) is 0 Å².